The zero-order valence-corrected chi connectivity index (χ0v) is 8.78. The SMILES string of the molecule is CCOC(=O)C(=O)N1CCCC[C@@H]1C. The van der Waals surface area contributed by atoms with Gasteiger partial charge in [-0.05, 0) is 33.1 Å². The van der Waals surface area contributed by atoms with Crippen molar-refractivity contribution in [2.45, 2.75) is 39.2 Å². The van der Waals surface area contributed by atoms with E-state index >= 15 is 0 Å². The minimum atomic E-state index is -0.721. The second-order valence-corrected chi connectivity index (χ2v) is 3.56. The van der Waals surface area contributed by atoms with Gasteiger partial charge in [0.15, 0.2) is 0 Å². The van der Waals surface area contributed by atoms with E-state index in [1.54, 1.807) is 11.8 Å². The summed E-state index contributed by atoms with van der Waals surface area (Å²) in [5.74, 6) is -1.21. The zero-order valence-electron chi connectivity index (χ0n) is 8.78. The molecule has 4 heteroatoms. The van der Waals surface area contributed by atoms with Crippen LogP contribution < -0.4 is 0 Å². The molecule has 1 saturated heterocycles. The fraction of sp³-hybridized carbons (Fsp3) is 0.800. The molecule has 0 N–H and O–H groups in total. The highest BCUT2D eigenvalue weighted by molar-refractivity contribution is 6.32. The minimum absolute atomic E-state index is 0.167. The maximum Gasteiger partial charge on any atom is 0.397 e. The largest absolute Gasteiger partial charge is 0.459 e. The molecule has 1 heterocycles. The molecular formula is C10H17NO3. The molecule has 80 valence electrons. The van der Waals surface area contributed by atoms with Crippen LogP contribution in [0.2, 0.25) is 0 Å². The van der Waals surface area contributed by atoms with Gasteiger partial charge in [0, 0.05) is 12.6 Å². The minimum Gasteiger partial charge on any atom is -0.459 e. The molecule has 0 aromatic carbocycles. The summed E-state index contributed by atoms with van der Waals surface area (Å²) in [6.45, 7) is 4.60. The lowest BCUT2D eigenvalue weighted by Crippen LogP contribution is -2.45. The third-order valence-corrected chi connectivity index (χ3v) is 2.51. The number of rotatable bonds is 1. The number of ether oxygens (including phenoxy) is 1. The molecule has 0 aliphatic carbocycles. The van der Waals surface area contributed by atoms with Crippen LogP contribution >= 0.6 is 0 Å². The van der Waals surface area contributed by atoms with Crippen LogP contribution in [0.15, 0.2) is 0 Å². The fourth-order valence-corrected chi connectivity index (χ4v) is 1.71. The van der Waals surface area contributed by atoms with Crippen LogP contribution in [0.4, 0.5) is 0 Å². The predicted octanol–water partition coefficient (Wildman–Crippen LogP) is 0.950. The first kappa shape index (κ1) is 11.0. The zero-order chi connectivity index (χ0) is 10.6. The highest BCUT2D eigenvalue weighted by atomic mass is 16.5. The van der Waals surface area contributed by atoms with Crippen molar-refractivity contribution in [1.82, 2.24) is 4.90 Å². The van der Waals surface area contributed by atoms with Crippen molar-refractivity contribution in [1.29, 1.82) is 0 Å². The molecule has 1 atom stereocenters. The van der Waals surface area contributed by atoms with Crippen molar-refractivity contribution in [3.63, 3.8) is 0 Å². The number of nitrogens with zero attached hydrogens (tertiary/aromatic N) is 1. The van der Waals surface area contributed by atoms with Gasteiger partial charge in [-0.25, -0.2) is 4.79 Å². The first-order valence-corrected chi connectivity index (χ1v) is 5.14. The molecule has 1 aliphatic heterocycles. The highest BCUT2D eigenvalue weighted by Gasteiger charge is 2.28. The number of hydrogen-bond donors (Lipinski definition) is 0. The van der Waals surface area contributed by atoms with Gasteiger partial charge in [0.05, 0.1) is 6.61 Å². The normalized spacial score (nSPS) is 21.9. The summed E-state index contributed by atoms with van der Waals surface area (Å²) in [5.41, 5.74) is 0. The highest BCUT2D eigenvalue weighted by Crippen LogP contribution is 2.16. The molecule has 1 aliphatic rings. The Morgan fingerprint density at radius 1 is 1.43 bits per heavy atom. The molecule has 0 aromatic rings. The van der Waals surface area contributed by atoms with E-state index in [1.165, 1.54) is 0 Å². The maximum absolute atomic E-state index is 11.5. The summed E-state index contributed by atoms with van der Waals surface area (Å²) in [4.78, 5) is 24.3. The summed E-state index contributed by atoms with van der Waals surface area (Å²) < 4.78 is 4.68. The van der Waals surface area contributed by atoms with Gasteiger partial charge in [-0.3, -0.25) is 4.79 Å². The molecule has 4 nitrogen and oxygen atoms in total. The Hall–Kier alpha value is -1.06. The molecule has 14 heavy (non-hydrogen) atoms. The van der Waals surface area contributed by atoms with Crippen LogP contribution in [0, 0.1) is 0 Å². The monoisotopic (exact) mass is 199 g/mol. The number of likely N-dealkylation sites (tertiary alicyclic amines) is 1. The summed E-state index contributed by atoms with van der Waals surface area (Å²) in [6, 6.07) is 0.167. The van der Waals surface area contributed by atoms with Crippen LogP contribution in [-0.2, 0) is 14.3 Å². The van der Waals surface area contributed by atoms with Crippen LogP contribution in [0.3, 0.4) is 0 Å². The standard InChI is InChI=1S/C10H17NO3/c1-3-14-10(13)9(12)11-7-5-4-6-8(11)2/h8H,3-7H2,1-2H3/t8-/m0/s1. The van der Waals surface area contributed by atoms with Gasteiger partial charge in [0.1, 0.15) is 0 Å². The summed E-state index contributed by atoms with van der Waals surface area (Å²) in [7, 11) is 0. The van der Waals surface area contributed by atoms with Gasteiger partial charge in [-0.1, -0.05) is 0 Å². The van der Waals surface area contributed by atoms with E-state index in [1.807, 2.05) is 6.92 Å². The third kappa shape index (κ3) is 2.47. The lowest BCUT2D eigenvalue weighted by Gasteiger charge is -2.32. The van der Waals surface area contributed by atoms with Gasteiger partial charge < -0.3 is 9.64 Å². The van der Waals surface area contributed by atoms with Crippen molar-refractivity contribution < 1.29 is 14.3 Å². The van der Waals surface area contributed by atoms with E-state index in [-0.39, 0.29) is 12.6 Å². The van der Waals surface area contributed by atoms with Crippen molar-refractivity contribution >= 4 is 11.9 Å². The van der Waals surface area contributed by atoms with Gasteiger partial charge >= 0.3 is 11.9 Å². The third-order valence-electron chi connectivity index (χ3n) is 2.51. The van der Waals surface area contributed by atoms with Gasteiger partial charge in [0.2, 0.25) is 0 Å². The van der Waals surface area contributed by atoms with Crippen LogP contribution in [0.1, 0.15) is 33.1 Å². The number of piperidine rings is 1. The Morgan fingerprint density at radius 3 is 2.71 bits per heavy atom. The lowest BCUT2D eigenvalue weighted by molar-refractivity contribution is -0.161. The summed E-state index contributed by atoms with van der Waals surface area (Å²) in [6.07, 6.45) is 3.09. The second-order valence-electron chi connectivity index (χ2n) is 3.56. The average Bonchev–Trinajstić information content (AvgIpc) is 2.18. The van der Waals surface area contributed by atoms with Crippen molar-refractivity contribution in [2.75, 3.05) is 13.2 Å². The summed E-state index contributed by atoms with van der Waals surface area (Å²) >= 11 is 0. The topological polar surface area (TPSA) is 46.6 Å². The number of amides is 1. The van der Waals surface area contributed by atoms with Crippen LogP contribution in [0.5, 0.6) is 0 Å². The van der Waals surface area contributed by atoms with E-state index < -0.39 is 11.9 Å². The van der Waals surface area contributed by atoms with Gasteiger partial charge in [-0.2, -0.15) is 0 Å². The van der Waals surface area contributed by atoms with Crippen LogP contribution in [0.25, 0.3) is 0 Å². The smallest absolute Gasteiger partial charge is 0.397 e. The molecule has 0 bridgehead atoms. The van der Waals surface area contributed by atoms with Gasteiger partial charge in [-0.15, -0.1) is 0 Å². The Labute approximate surface area is 84.2 Å². The van der Waals surface area contributed by atoms with E-state index in [0.29, 0.717) is 6.54 Å². The predicted molar refractivity (Wildman–Crippen MR) is 51.7 cm³/mol. The molecule has 0 spiro atoms. The Balaban J connectivity index is 2.53. The molecule has 0 radical (unpaired) electrons. The second kappa shape index (κ2) is 4.98. The van der Waals surface area contributed by atoms with E-state index in [0.717, 1.165) is 19.3 Å². The molecule has 1 rings (SSSR count). The molecule has 1 amide bonds. The first-order valence-electron chi connectivity index (χ1n) is 5.14. The van der Waals surface area contributed by atoms with Crippen molar-refractivity contribution in [3.05, 3.63) is 0 Å². The van der Waals surface area contributed by atoms with E-state index in [4.69, 9.17) is 0 Å². The molecule has 0 unspecified atom stereocenters. The number of hydrogen-bond acceptors (Lipinski definition) is 3. The molecule has 0 aromatic heterocycles. The Morgan fingerprint density at radius 2 is 2.14 bits per heavy atom. The van der Waals surface area contributed by atoms with E-state index in [9.17, 15) is 9.59 Å². The van der Waals surface area contributed by atoms with Crippen LogP contribution in [-0.4, -0.2) is 36.0 Å². The maximum atomic E-state index is 11.5. The Kier molecular flexibility index (Phi) is 3.92. The number of carbonyl (C=O) groups is 2. The van der Waals surface area contributed by atoms with E-state index in [2.05, 4.69) is 4.74 Å². The van der Waals surface area contributed by atoms with Gasteiger partial charge in [0.25, 0.3) is 0 Å². The fourth-order valence-electron chi connectivity index (χ4n) is 1.71. The molecule has 1 fully saturated rings. The Bertz CT molecular complexity index is 227. The lowest BCUT2D eigenvalue weighted by atomic mass is 10.0. The average molecular weight is 199 g/mol. The molecule has 0 saturated carbocycles. The quantitative estimate of drug-likeness (QED) is 0.466. The van der Waals surface area contributed by atoms with Crippen molar-refractivity contribution in [3.8, 4) is 0 Å². The van der Waals surface area contributed by atoms with Crippen molar-refractivity contribution in [2.24, 2.45) is 0 Å². The number of carbonyl (C=O) groups excluding carboxylic acids is 2. The first-order chi connectivity index (χ1) is 6.66. The summed E-state index contributed by atoms with van der Waals surface area (Å²) in [5, 5.41) is 0. The number of esters is 1. The molecular weight excluding hydrogens is 182 g/mol.